The number of benzene rings is 1. The van der Waals surface area contributed by atoms with E-state index in [-0.39, 0.29) is 11.6 Å². The first-order chi connectivity index (χ1) is 9.43. The molecule has 0 unspecified atom stereocenters. The number of hydrogen-bond donors (Lipinski definition) is 1. The quantitative estimate of drug-likeness (QED) is 0.400. The largest absolute Gasteiger partial charge is 0.421 e. The van der Waals surface area contributed by atoms with Crippen molar-refractivity contribution in [3.8, 4) is 0 Å². The lowest BCUT2D eigenvalue weighted by Crippen LogP contribution is -2.26. The van der Waals surface area contributed by atoms with Gasteiger partial charge in [0.2, 0.25) is 0 Å². The molecule has 0 aromatic heterocycles. The number of aliphatic hydroxyl groups is 1. The standard InChI is InChI=1S/C11H7F6NO3/c12-10(13,14)9(11(15,16)17)5-8(19)6-1-3-7(4-2-6)18(20)21/h1-5,8,19H/t8-/m1/s1. The smallest absolute Gasteiger partial charge is 0.384 e. The van der Waals surface area contributed by atoms with Gasteiger partial charge in [-0.1, -0.05) is 0 Å². The van der Waals surface area contributed by atoms with Crippen LogP contribution in [0.15, 0.2) is 35.9 Å². The van der Waals surface area contributed by atoms with Crippen LogP contribution < -0.4 is 0 Å². The van der Waals surface area contributed by atoms with Crippen LogP contribution in [0.1, 0.15) is 11.7 Å². The minimum atomic E-state index is -5.68. The van der Waals surface area contributed by atoms with Crippen LogP contribution in [0.2, 0.25) is 0 Å². The highest BCUT2D eigenvalue weighted by Crippen LogP contribution is 2.40. The van der Waals surface area contributed by atoms with Gasteiger partial charge in [-0.3, -0.25) is 10.1 Å². The molecule has 1 rings (SSSR count). The molecule has 0 aliphatic carbocycles. The van der Waals surface area contributed by atoms with E-state index < -0.39 is 34.6 Å². The Kier molecular flexibility index (Phi) is 4.62. The van der Waals surface area contributed by atoms with Gasteiger partial charge in [0.15, 0.2) is 0 Å². The monoisotopic (exact) mass is 315 g/mol. The van der Waals surface area contributed by atoms with E-state index in [1.54, 1.807) is 0 Å². The van der Waals surface area contributed by atoms with Gasteiger partial charge in [-0.15, -0.1) is 0 Å². The van der Waals surface area contributed by atoms with Crippen LogP contribution in [0, 0.1) is 10.1 Å². The van der Waals surface area contributed by atoms with Crippen LogP contribution in [0.3, 0.4) is 0 Å². The average Bonchev–Trinajstić information content (AvgIpc) is 2.33. The van der Waals surface area contributed by atoms with Crippen LogP contribution >= 0.6 is 0 Å². The third kappa shape index (κ3) is 4.45. The normalized spacial score (nSPS) is 13.7. The molecule has 0 heterocycles. The molecule has 1 atom stereocenters. The van der Waals surface area contributed by atoms with E-state index in [1.165, 1.54) is 0 Å². The Labute approximate surface area is 113 Å². The fraction of sp³-hybridized carbons (Fsp3) is 0.273. The highest BCUT2D eigenvalue weighted by Gasteiger charge is 2.51. The van der Waals surface area contributed by atoms with E-state index in [0.717, 1.165) is 24.3 Å². The number of nitrogens with zero attached hydrogens (tertiary/aromatic N) is 1. The third-order valence-corrected chi connectivity index (χ3v) is 2.38. The Morgan fingerprint density at radius 3 is 1.86 bits per heavy atom. The Morgan fingerprint density at radius 1 is 1.10 bits per heavy atom. The van der Waals surface area contributed by atoms with Crippen molar-refractivity contribution in [1.29, 1.82) is 0 Å². The van der Waals surface area contributed by atoms with E-state index in [4.69, 9.17) is 0 Å². The summed E-state index contributed by atoms with van der Waals surface area (Å²) >= 11 is 0. The Bertz CT molecular complexity index is 531. The molecule has 4 nitrogen and oxygen atoms in total. The van der Waals surface area contributed by atoms with Gasteiger partial charge in [-0.05, 0) is 23.8 Å². The van der Waals surface area contributed by atoms with Crippen molar-refractivity contribution in [3.63, 3.8) is 0 Å². The second-order valence-corrected chi connectivity index (χ2v) is 3.87. The molecular formula is C11H7F6NO3. The molecule has 0 spiro atoms. The summed E-state index contributed by atoms with van der Waals surface area (Å²) in [7, 11) is 0. The first-order valence-electron chi connectivity index (χ1n) is 5.21. The van der Waals surface area contributed by atoms with Crippen LogP contribution in [0.25, 0.3) is 0 Å². The maximum atomic E-state index is 12.3. The molecular weight excluding hydrogens is 308 g/mol. The van der Waals surface area contributed by atoms with Gasteiger partial charge in [0, 0.05) is 12.1 Å². The van der Waals surface area contributed by atoms with Crippen molar-refractivity contribution in [3.05, 3.63) is 51.6 Å². The number of nitro groups is 1. The number of non-ortho nitro benzene ring substituents is 1. The van der Waals surface area contributed by atoms with E-state index in [0.29, 0.717) is 0 Å². The van der Waals surface area contributed by atoms with Crippen molar-refractivity contribution in [2.45, 2.75) is 18.5 Å². The van der Waals surface area contributed by atoms with Crippen LogP contribution in [-0.2, 0) is 0 Å². The Morgan fingerprint density at radius 2 is 1.52 bits per heavy atom. The second-order valence-electron chi connectivity index (χ2n) is 3.87. The molecule has 0 fully saturated rings. The number of rotatable bonds is 3. The van der Waals surface area contributed by atoms with E-state index >= 15 is 0 Å². The van der Waals surface area contributed by atoms with E-state index in [9.17, 15) is 41.6 Å². The molecule has 10 heteroatoms. The Balaban J connectivity index is 3.14. The number of hydrogen-bond acceptors (Lipinski definition) is 3. The van der Waals surface area contributed by atoms with Gasteiger partial charge >= 0.3 is 12.4 Å². The van der Waals surface area contributed by atoms with Gasteiger partial charge in [0.1, 0.15) is 5.57 Å². The molecule has 0 saturated heterocycles. The van der Waals surface area contributed by atoms with Gasteiger partial charge in [0.05, 0.1) is 11.0 Å². The number of allylic oxidation sites excluding steroid dienone is 1. The molecule has 0 radical (unpaired) electrons. The molecule has 0 aliphatic heterocycles. The highest BCUT2D eigenvalue weighted by atomic mass is 19.4. The topological polar surface area (TPSA) is 63.4 Å². The zero-order valence-electron chi connectivity index (χ0n) is 9.94. The molecule has 1 N–H and O–H groups in total. The zero-order valence-corrected chi connectivity index (χ0v) is 9.94. The summed E-state index contributed by atoms with van der Waals surface area (Å²) in [5, 5.41) is 19.8. The van der Waals surface area contributed by atoms with Crippen molar-refractivity contribution in [1.82, 2.24) is 0 Å². The number of alkyl halides is 6. The summed E-state index contributed by atoms with van der Waals surface area (Å²) in [4.78, 5) is 9.55. The lowest BCUT2D eigenvalue weighted by molar-refractivity contribution is -0.384. The van der Waals surface area contributed by atoms with E-state index in [2.05, 4.69) is 0 Å². The summed E-state index contributed by atoms with van der Waals surface area (Å²) in [5.41, 5.74) is -3.60. The number of nitro benzene ring substituents is 1. The summed E-state index contributed by atoms with van der Waals surface area (Å²) in [5.74, 6) is 0. The van der Waals surface area contributed by atoms with Gasteiger partial charge in [-0.25, -0.2) is 0 Å². The van der Waals surface area contributed by atoms with Gasteiger partial charge < -0.3 is 5.11 Å². The van der Waals surface area contributed by atoms with Crippen molar-refractivity contribution < 1.29 is 36.4 Å². The SMILES string of the molecule is O=[N+]([O-])c1ccc([C@H](O)C=C(C(F)(F)F)C(F)(F)F)cc1. The third-order valence-electron chi connectivity index (χ3n) is 2.38. The summed E-state index contributed by atoms with van der Waals surface area (Å²) in [6, 6.07) is 3.44. The number of aliphatic hydroxyl groups excluding tert-OH is 1. The average molecular weight is 315 g/mol. The number of halogens is 6. The molecule has 0 saturated carbocycles. The molecule has 0 bridgehead atoms. The van der Waals surface area contributed by atoms with Crippen molar-refractivity contribution >= 4 is 5.69 Å². The minimum absolute atomic E-state index is 0.341. The fourth-order valence-corrected chi connectivity index (χ4v) is 1.40. The van der Waals surface area contributed by atoms with Crippen LogP contribution in [0.5, 0.6) is 0 Å². The summed E-state index contributed by atoms with van der Waals surface area (Å²) in [6.45, 7) is 0. The second kappa shape index (κ2) is 5.72. The van der Waals surface area contributed by atoms with Crippen LogP contribution in [-0.4, -0.2) is 22.4 Å². The molecule has 0 amide bonds. The lowest BCUT2D eigenvalue weighted by atomic mass is 10.1. The summed E-state index contributed by atoms with van der Waals surface area (Å²) in [6.07, 6.45) is -14.0. The highest BCUT2D eigenvalue weighted by molar-refractivity contribution is 5.35. The maximum absolute atomic E-state index is 12.3. The zero-order chi connectivity index (χ0) is 16.4. The summed E-state index contributed by atoms with van der Waals surface area (Å²) < 4.78 is 73.6. The molecule has 0 aliphatic rings. The predicted molar refractivity (Wildman–Crippen MR) is 58.2 cm³/mol. The molecule has 21 heavy (non-hydrogen) atoms. The van der Waals surface area contributed by atoms with Crippen molar-refractivity contribution in [2.24, 2.45) is 0 Å². The van der Waals surface area contributed by atoms with Gasteiger partial charge in [-0.2, -0.15) is 26.3 Å². The first kappa shape index (κ1) is 17.0. The predicted octanol–water partition coefficient (Wildman–Crippen LogP) is 3.68. The lowest BCUT2D eigenvalue weighted by Gasteiger charge is -2.16. The van der Waals surface area contributed by atoms with Crippen LogP contribution in [0.4, 0.5) is 32.0 Å². The molecule has 1 aromatic carbocycles. The van der Waals surface area contributed by atoms with Gasteiger partial charge in [0.25, 0.3) is 5.69 Å². The van der Waals surface area contributed by atoms with E-state index in [1.807, 2.05) is 0 Å². The minimum Gasteiger partial charge on any atom is -0.384 e. The molecule has 1 aromatic rings. The van der Waals surface area contributed by atoms with Crippen molar-refractivity contribution in [2.75, 3.05) is 0 Å². The first-order valence-corrected chi connectivity index (χ1v) is 5.21. The fourth-order valence-electron chi connectivity index (χ4n) is 1.40. The maximum Gasteiger partial charge on any atom is 0.421 e. The molecule has 116 valence electrons. The Hall–Kier alpha value is -2.10.